The lowest BCUT2D eigenvalue weighted by Crippen LogP contribution is -2.47. The Bertz CT molecular complexity index is 241. The summed E-state index contributed by atoms with van der Waals surface area (Å²) in [4.78, 5) is 2.68. The molecular formula is C15H30N2. The van der Waals surface area contributed by atoms with Crippen molar-refractivity contribution in [3.8, 4) is 0 Å². The average molecular weight is 238 g/mol. The summed E-state index contributed by atoms with van der Waals surface area (Å²) in [6.45, 7) is 12.0. The van der Waals surface area contributed by atoms with Gasteiger partial charge in [0.25, 0.3) is 0 Å². The van der Waals surface area contributed by atoms with Crippen molar-refractivity contribution < 1.29 is 0 Å². The van der Waals surface area contributed by atoms with E-state index in [-0.39, 0.29) is 0 Å². The molecule has 6 atom stereocenters. The lowest BCUT2D eigenvalue weighted by atomic mass is 9.72. The van der Waals surface area contributed by atoms with Crippen LogP contribution in [0.3, 0.4) is 0 Å². The van der Waals surface area contributed by atoms with Gasteiger partial charge < -0.3 is 10.6 Å². The molecular weight excluding hydrogens is 208 g/mol. The standard InChI is InChI=1S/C15H30N2/c1-10-5-12(3)14(15(16)7-10)9-17-8-11(2)6-13(17)4/h10-15H,5-9,16H2,1-4H3. The molecule has 1 saturated carbocycles. The van der Waals surface area contributed by atoms with Crippen LogP contribution < -0.4 is 5.73 Å². The van der Waals surface area contributed by atoms with Crippen LogP contribution >= 0.6 is 0 Å². The molecule has 1 aliphatic carbocycles. The van der Waals surface area contributed by atoms with Crippen LogP contribution in [-0.4, -0.2) is 30.1 Å². The Hall–Kier alpha value is -0.0800. The molecule has 0 amide bonds. The van der Waals surface area contributed by atoms with E-state index in [2.05, 4.69) is 32.6 Å². The molecule has 2 nitrogen and oxygen atoms in total. The highest BCUT2D eigenvalue weighted by Crippen LogP contribution is 2.35. The van der Waals surface area contributed by atoms with Gasteiger partial charge >= 0.3 is 0 Å². The van der Waals surface area contributed by atoms with Crippen LogP contribution in [-0.2, 0) is 0 Å². The van der Waals surface area contributed by atoms with Crippen molar-refractivity contribution in [3.05, 3.63) is 0 Å². The van der Waals surface area contributed by atoms with Crippen LogP contribution in [0, 0.1) is 23.7 Å². The zero-order chi connectivity index (χ0) is 12.6. The molecule has 0 aromatic carbocycles. The molecule has 2 rings (SSSR count). The first kappa shape index (κ1) is 13.4. The van der Waals surface area contributed by atoms with E-state index in [1.54, 1.807) is 0 Å². The fourth-order valence-corrected chi connectivity index (χ4v) is 4.19. The number of nitrogens with zero attached hydrogens (tertiary/aromatic N) is 1. The van der Waals surface area contributed by atoms with Crippen LogP contribution in [0.15, 0.2) is 0 Å². The van der Waals surface area contributed by atoms with Gasteiger partial charge in [-0.1, -0.05) is 20.8 Å². The largest absolute Gasteiger partial charge is 0.327 e. The second-order valence-corrected chi connectivity index (χ2v) is 7.03. The van der Waals surface area contributed by atoms with E-state index in [1.165, 1.54) is 32.4 Å². The van der Waals surface area contributed by atoms with Crippen LogP contribution in [0.1, 0.15) is 47.0 Å². The Morgan fingerprint density at radius 1 is 1.00 bits per heavy atom. The third-order valence-corrected chi connectivity index (χ3v) is 5.09. The number of hydrogen-bond donors (Lipinski definition) is 1. The highest BCUT2D eigenvalue weighted by atomic mass is 15.2. The molecule has 1 heterocycles. The summed E-state index contributed by atoms with van der Waals surface area (Å²) in [6.07, 6.45) is 3.97. The normalized spacial score (nSPS) is 48.5. The van der Waals surface area contributed by atoms with Gasteiger partial charge in [0, 0.05) is 25.2 Å². The fraction of sp³-hybridized carbons (Fsp3) is 1.00. The third-order valence-electron chi connectivity index (χ3n) is 5.09. The Morgan fingerprint density at radius 3 is 2.24 bits per heavy atom. The minimum atomic E-state index is 0.428. The second kappa shape index (κ2) is 5.27. The number of hydrogen-bond acceptors (Lipinski definition) is 2. The van der Waals surface area contributed by atoms with E-state index in [9.17, 15) is 0 Å². The SMILES string of the molecule is CC1CC(C)C(CN2CC(C)CC2C)C(N)C1. The molecule has 17 heavy (non-hydrogen) atoms. The van der Waals surface area contributed by atoms with Gasteiger partial charge in [-0.15, -0.1) is 0 Å². The van der Waals surface area contributed by atoms with Gasteiger partial charge in [-0.3, -0.25) is 0 Å². The Kier molecular flexibility index (Phi) is 4.14. The monoisotopic (exact) mass is 238 g/mol. The summed E-state index contributed by atoms with van der Waals surface area (Å²) < 4.78 is 0. The van der Waals surface area contributed by atoms with Gasteiger partial charge in [0.15, 0.2) is 0 Å². The molecule has 0 aromatic heterocycles. The van der Waals surface area contributed by atoms with Gasteiger partial charge in [0.1, 0.15) is 0 Å². The first-order valence-corrected chi connectivity index (χ1v) is 7.47. The molecule has 1 aliphatic heterocycles. The lowest BCUT2D eigenvalue weighted by molar-refractivity contribution is 0.114. The molecule has 2 aliphatic rings. The first-order valence-electron chi connectivity index (χ1n) is 7.47. The lowest BCUT2D eigenvalue weighted by Gasteiger charge is -2.40. The summed E-state index contributed by atoms with van der Waals surface area (Å²) in [7, 11) is 0. The van der Waals surface area contributed by atoms with Crippen molar-refractivity contribution in [1.29, 1.82) is 0 Å². The molecule has 2 heteroatoms. The molecule has 6 unspecified atom stereocenters. The number of likely N-dealkylation sites (tertiary alicyclic amines) is 1. The predicted molar refractivity (Wildman–Crippen MR) is 73.8 cm³/mol. The van der Waals surface area contributed by atoms with Gasteiger partial charge in [0.2, 0.25) is 0 Å². The van der Waals surface area contributed by atoms with E-state index >= 15 is 0 Å². The fourth-order valence-electron chi connectivity index (χ4n) is 4.19. The summed E-state index contributed by atoms with van der Waals surface area (Å²) in [6, 6.07) is 1.20. The zero-order valence-electron chi connectivity index (χ0n) is 12.0. The van der Waals surface area contributed by atoms with Gasteiger partial charge in [0.05, 0.1) is 0 Å². The quantitative estimate of drug-likeness (QED) is 0.801. The maximum absolute atomic E-state index is 6.39. The average Bonchev–Trinajstić information content (AvgIpc) is 2.51. The minimum absolute atomic E-state index is 0.428. The molecule has 0 aromatic rings. The summed E-state index contributed by atoms with van der Waals surface area (Å²) in [5, 5.41) is 0. The van der Waals surface area contributed by atoms with E-state index in [1.807, 2.05) is 0 Å². The van der Waals surface area contributed by atoms with Crippen molar-refractivity contribution in [2.75, 3.05) is 13.1 Å². The van der Waals surface area contributed by atoms with E-state index < -0.39 is 0 Å². The van der Waals surface area contributed by atoms with Crippen molar-refractivity contribution in [1.82, 2.24) is 4.90 Å². The van der Waals surface area contributed by atoms with Gasteiger partial charge in [-0.25, -0.2) is 0 Å². The molecule has 100 valence electrons. The minimum Gasteiger partial charge on any atom is -0.327 e. The van der Waals surface area contributed by atoms with Crippen LogP contribution in [0.5, 0.6) is 0 Å². The Labute approximate surface area is 107 Å². The topological polar surface area (TPSA) is 29.3 Å². The maximum atomic E-state index is 6.39. The van der Waals surface area contributed by atoms with E-state index in [0.717, 1.165) is 29.7 Å². The third kappa shape index (κ3) is 3.03. The summed E-state index contributed by atoms with van der Waals surface area (Å²) in [5.74, 6) is 3.22. The van der Waals surface area contributed by atoms with Gasteiger partial charge in [-0.2, -0.15) is 0 Å². The van der Waals surface area contributed by atoms with Crippen LogP contribution in [0.25, 0.3) is 0 Å². The predicted octanol–water partition coefficient (Wildman–Crippen LogP) is 2.73. The van der Waals surface area contributed by atoms with Crippen LogP contribution in [0.2, 0.25) is 0 Å². The smallest absolute Gasteiger partial charge is 0.00844 e. The van der Waals surface area contributed by atoms with Gasteiger partial charge in [-0.05, 0) is 49.9 Å². The first-order chi connectivity index (χ1) is 7.97. The maximum Gasteiger partial charge on any atom is 0.00844 e. The van der Waals surface area contributed by atoms with E-state index in [0.29, 0.717) is 6.04 Å². The summed E-state index contributed by atoms with van der Waals surface area (Å²) in [5.41, 5.74) is 6.39. The van der Waals surface area contributed by atoms with Crippen molar-refractivity contribution in [2.24, 2.45) is 29.4 Å². The number of nitrogens with two attached hydrogens (primary N) is 1. The van der Waals surface area contributed by atoms with Crippen LogP contribution in [0.4, 0.5) is 0 Å². The highest BCUT2D eigenvalue weighted by molar-refractivity contribution is 4.90. The molecule has 2 fully saturated rings. The molecule has 1 saturated heterocycles. The van der Waals surface area contributed by atoms with Crippen molar-refractivity contribution >= 4 is 0 Å². The molecule has 0 bridgehead atoms. The van der Waals surface area contributed by atoms with Crippen molar-refractivity contribution in [2.45, 2.75) is 59.0 Å². The highest BCUT2D eigenvalue weighted by Gasteiger charge is 2.35. The second-order valence-electron chi connectivity index (χ2n) is 7.03. The Balaban J connectivity index is 1.93. The number of rotatable bonds is 2. The molecule has 2 N–H and O–H groups in total. The summed E-state index contributed by atoms with van der Waals surface area (Å²) >= 11 is 0. The zero-order valence-corrected chi connectivity index (χ0v) is 12.0. The van der Waals surface area contributed by atoms with E-state index in [4.69, 9.17) is 5.73 Å². The van der Waals surface area contributed by atoms with Crippen molar-refractivity contribution in [3.63, 3.8) is 0 Å². The molecule has 0 radical (unpaired) electrons. The Morgan fingerprint density at radius 2 is 1.71 bits per heavy atom. The molecule has 0 spiro atoms.